The zero-order chi connectivity index (χ0) is 23.5. The summed E-state index contributed by atoms with van der Waals surface area (Å²) in [5.74, 6) is 0.542. The summed E-state index contributed by atoms with van der Waals surface area (Å²) >= 11 is 6.09. The summed E-state index contributed by atoms with van der Waals surface area (Å²) in [6.07, 6.45) is 3.43. The maximum absolute atomic E-state index is 12.6. The van der Waals surface area contributed by atoms with Gasteiger partial charge >= 0.3 is 0 Å². The molecule has 1 amide bonds. The van der Waals surface area contributed by atoms with Crippen LogP contribution in [0, 0.1) is 10.1 Å². The first-order valence-electron chi connectivity index (χ1n) is 10.9. The number of rotatable bonds is 6. The number of para-hydroxylation sites is 1. The largest absolute Gasteiger partial charge is 0.377 e. The van der Waals surface area contributed by atoms with E-state index in [4.69, 9.17) is 16.6 Å². The highest BCUT2D eigenvalue weighted by Crippen LogP contribution is 2.29. The molecule has 1 fully saturated rings. The second-order valence-electron chi connectivity index (χ2n) is 8.53. The first kappa shape index (κ1) is 22.8. The van der Waals surface area contributed by atoms with E-state index in [9.17, 15) is 14.9 Å². The Bertz CT molecular complexity index is 1190. The van der Waals surface area contributed by atoms with Gasteiger partial charge in [0.1, 0.15) is 5.82 Å². The Balaban J connectivity index is 1.37. The van der Waals surface area contributed by atoms with Crippen LogP contribution in [0.1, 0.15) is 36.0 Å². The monoisotopic (exact) mass is 467 g/mol. The smallest absolute Gasteiger partial charge is 0.270 e. The summed E-state index contributed by atoms with van der Waals surface area (Å²) < 4.78 is 0. The molecular formula is C24H26ClN5O3. The molecule has 0 unspecified atom stereocenters. The van der Waals surface area contributed by atoms with Gasteiger partial charge in [0.2, 0.25) is 0 Å². The fourth-order valence-electron chi connectivity index (χ4n) is 4.26. The van der Waals surface area contributed by atoms with Crippen LogP contribution in [-0.4, -0.2) is 42.0 Å². The molecule has 0 bridgehead atoms. The summed E-state index contributed by atoms with van der Waals surface area (Å²) in [6.45, 7) is 0. The number of aromatic nitrogens is 1. The lowest BCUT2D eigenvalue weighted by molar-refractivity contribution is -0.384. The fourth-order valence-corrected chi connectivity index (χ4v) is 4.52. The number of non-ortho nitro benzene ring substituents is 1. The zero-order valence-electron chi connectivity index (χ0n) is 18.5. The fraction of sp³-hybridized carbons (Fsp3) is 0.333. The van der Waals surface area contributed by atoms with Crippen molar-refractivity contribution in [3.8, 4) is 0 Å². The molecule has 2 N–H and O–H groups in total. The number of carbonyl (C=O) groups excluding carboxylic acids is 1. The van der Waals surface area contributed by atoms with Gasteiger partial charge in [-0.1, -0.05) is 29.8 Å². The number of benzene rings is 2. The minimum absolute atomic E-state index is 0.0312. The number of nitro benzene ring substituents is 1. The number of fused-ring (bicyclic) bond motifs is 1. The number of pyridine rings is 1. The van der Waals surface area contributed by atoms with Crippen LogP contribution in [0.5, 0.6) is 0 Å². The van der Waals surface area contributed by atoms with Gasteiger partial charge in [0.15, 0.2) is 0 Å². The number of nitrogens with zero attached hydrogens (tertiary/aromatic N) is 3. The van der Waals surface area contributed by atoms with Crippen LogP contribution in [-0.2, 0) is 0 Å². The molecule has 1 aliphatic rings. The number of halogens is 1. The summed E-state index contributed by atoms with van der Waals surface area (Å²) in [7, 11) is 4.05. The average molecular weight is 468 g/mol. The lowest BCUT2D eigenvalue weighted by atomic mass is 9.91. The quantitative estimate of drug-likeness (QED) is 0.390. The highest BCUT2D eigenvalue weighted by Gasteiger charge is 2.24. The second-order valence-corrected chi connectivity index (χ2v) is 8.93. The van der Waals surface area contributed by atoms with Crippen LogP contribution in [0.3, 0.4) is 0 Å². The van der Waals surface area contributed by atoms with Crippen molar-refractivity contribution in [2.75, 3.05) is 24.3 Å². The van der Waals surface area contributed by atoms with Crippen molar-refractivity contribution in [3.63, 3.8) is 0 Å². The van der Waals surface area contributed by atoms with Gasteiger partial charge < -0.3 is 15.5 Å². The van der Waals surface area contributed by atoms with E-state index in [1.165, 1.54) is 18.2 Å². The Morgan fingerprint density at radius 3 is 2.45 bits per heavy atom. The summed E-state index contributed by atoms with van der Waals surface area (Å²) in [5, 5.41) is 18.6. The van der Waals surface area contributed by atoms with Crippen molar-refractivity contribution >= 4 is 45.6 Å². The van der Waals surface area contributed by atoms with Gasteiger partial charge in [-0.2, -0.15) is 0 Å². The van der Waals surface area contributed by atoms with E-state index in [-0.39, 0.29) is 34.3 Å². The van der Waals surface area contributed by atoms with Crippen molar-refractivity contribution in [3.05, 3.63) is 69.2 Å². The van der Waals surface area contributed by atoms with E-state index in [0.717, 1.165) is 48.1 Å². The number of nitrogens with one attached hydrogen (secondary N) is 2. The van der Waals surface area contributed by atoms with Crippen molar-refractivity contribution in [1.82, 2.24) is 10.3 Å². The number of nitro groups is 1. The van der Waals surface area contributed by atoms with Crippen LogP contribution in [0.25, 0.3) is 10.9 Å². The second kappa shape index (κ2) is 9.62. The molecule has 4 rings (SSSR count). The summed E-state index contributed by atoms with van der Waals surface area (Å²) in [5.41, 5.74) is 2.18. The predicted octanol–water partition coefficient (Wildman–Crippen LogP) is 5.02. The van der Waals surface area contributed by atoms with E-state index < -0.39 is 4.92 Å². The van der Waals surface area contributed by atoms with Gasteiger partial charge in [-0.25, -0.2) is 4.98 Å². The molecule has 3 aromatic rings. The Kier molecular flexibility index (Phi) is 6.65. The number of anilines is 2. The van der Waals surface area contributed by atoms with Crippen molar-refractivity contribution < 1.29 is 9.72 Å². The van der Waals surface area contributed by atoms with Crippen molar-refractivity contribution in [2.24, 2.45) is 0 Å². The molecule has 0 spiro atoms. The molecule has 0 atom stereocenters. The number of carbonyl (C=O) groups is 1. The Hall–Kier alpha value is -3.39. The molecule has 8 nitrogen and oxygen atoms in total. The van der Waals surface area contributed by atoms with Gasteiger partial charge in [0.25, 0.3) is 11.6 Å². The average Bonchev–Trinajstić information content (AvgIpc) is 2.79. The van der Waals surface area contributed by atoms with Gasteiger partial charge in [-0.15, -0.1) is 0 Å². The number of hydrogen-bond donors (Lipinski definition) is 2. The molecule has 1 heterocycles. The van der Waals surface area contributed by atoms with Crippen LogP contribution >= 0.6 is 11.6 Å². The van der Waals surface area contributed by atoms with Gasteiger partial charge in [0.05, 0.1) is 21.0 Å². The highest BCUT2D eigenvalue weighted by molar-refractivity contribution is 6.34. The maximum atomic E-state index is 12.6. The number of hydrogen-bond acceptors (Lipinski definition) is 6. The van der Waals surface area contributed by atoms with Gasteiger partial charge in [-0.3, -0.25) is 14.9 Å². The van der Waals surface area contributed by atoms with E-state index in [0.29, 0.717) is 0 Å². The van der Waals surface area contributed by atoms with E-state index >= 15 is 0 Å². The molecule has 0 saturated heterocycles. The molecular weight excluding hydrogens is 442 g/mol. The minimum Gasteiger partial charge on any atom is -0.377 e. The first-order chi connectivity index (χ1) is 15.8. The number of amides is 1. The molecule has 2 aromatic carbocycles. The Morgan fingerprint density at radius 2 is 1.79 bits per heavy atom. The third-order valence-electron chi connectivity index (χ3n) is 6.00. The standard InChI is InChI=1S/C24H26ClN5O3/c1-29(2)22-14-23(28-21-6-4-3-5-19(21)22)26-15-7-9-16(10-8-15)27-24(31)18-12-11-17(30(32)33)13-20(18)25/h3-6,11-16H,7-10H2,1-2H3,(H,26,28)(H,27,31). The van der Waals surface area contributed by atoms with E-state index in [2.05, 4.69) is 27.7 Å². The lowest BCUT2D eigenvalue weighted by Crippen LogP contribution is -2.40. The van der Waals surface area contributed by atoms with Crippen LogP contribution in [0.4, 0.5) is 17.2 Å². The Morgan fingerprint density at radius 1 is 1.09 bits per heavy atom. The third kappa shape index (κ3) is 5.17. The highest BCUT2D eigenvalue weighted by atomic mass is 35.5. The molecule has 172 valence electrons. The van der Waals surface area contributed by atoms with Crippen LogP contribution < -0.4 is 15.5 Å². The van der Waals surface area contributed by atoms with Crippen LogP contribution in [0.2, 0.25) is 5.02 Å². The predicted molar refractivity (Wildman–Crippen MR) is 131 cm³/mol. The molecule has 0 radical (unpaired) electrons. The Labute approximate surface area is 197 Å². The third-order valence-corrected chi connectivity index (χ3v) is 6.31. The molecule has 1 aliphatic carbocycles. The zero-order valence-corrected chi connectivity index (χ0v) is 19.3. The lowest BCUT2D eigenvalue weighted by Gasteiger charge is -2.30. The van der Waals surface area contributed by atoms with Gasteiger partial charge in [0, 0.05) is 55.5 Å². The van der Waals surface area contributed by atoms with Crippen molar-refractivity contribution in [2.45, 2.75) is 37.8 Å². The van der Waals surface area contributed by atoms with E-state index in [1.807, 2.05) is 32.3 Å². The van der Waals surface area contributed by atoms with E-state index in [1.54, 1.807) is 0 Å². The normalized spacial score (nSPS) is 18.0. The molecule has 9 heteroatoms. The SMILES string of the molecule is CN(C)c1cc(NC2CCC(NC(=O)c3ccc([N+](=O)[O-])cc3Cl)CC2)nc2ccccc12. The first-order valence-corrected chi connectivity index (χ1v) is 11.3. The maximum Gasteiger partial charge on any atom is 0.270 e. The van der Waals surface area contributed by atoms with Crippen LogP contribution in [0.15, 0.2) is 48.5 Å². The van der Waals surface area contributed by atoms with Crippen molar-refractivity contribution in [1.29, 1.82) is 0 Å². The molecule has 0 aliphatic heterocycles. The summed E-state index contributed by atoms with van der Waals surface area (Å²) in [6, 6.07) is 14.4. The van der Waals surface area contributed by atoms with Gasteiger partial charge in [-0.05, 0) is 37.8 Å². The minimum atomic E-state index is -0.534. The molecule has 33 heavy (non-hydrogen) atoms. The summed E-state index contributed by atoms with van der Waals surface area (Å²) in [4.78, 5) is 29.8. The topological polar surface area (TPSA) is 100 Å². The molecule has 1 saturated carbocycles. The molecule has 1 aromatic heterocycles.